The number of hydrogen-bond donors (Lipinski definition) is 3. The third kappa shape index (κ3) is 51.4. The third-order valence-corrected chi connectivity index (χ3v) is 12.8. The van der Waals surface area contributed by atoms with Gasteiger partial charge in [-0.2, -0.15) is 0 Å². The number of allylic oxidation sites excluding steroid dienone is 13. The Morgan fingerprint density at radius 2 is 0.910 bits per heavy atom. The van der Waals surface area contributed by atoms with Gasteiger partial charge in [-0.3, -0.25) is 13.8 Å². The second-order valence-corrected chi connectivity index (χ2v) is 21.0. The summed E-state index contributed by atoms with van der Waals surface area (Å²) in [7, 11) is 1.54. The molecule has 388 valence electrons. The second-order valence-electron chi connectivity index (χ2n) is 19.6. The van der Waals surface area contributed by atoms with Crippen LogP contribution in [0.25, 0.3) is 0 Å². The standard InChI is InChI=1S/C58H105N2O6P/c1-6-8-10-12-14-16-18-20-22-24-26-28-30-32-34-36-38-40-42-44-46-48-50-52-58(62)59-56(55-66-67(63,64)65-54-53-60(3,4)5)57(61)51-49-47-45-43-41-39-37-35-33-31-29-27-25-23-21-19-17-15-13-11-9-7-2/h8,10,14,16,20,22,26,28,32,34,41,43,49,51,56-57,61H,6-7,9,11-13,15,17-19,21,23-25,27,29-31,33,35-40,42,44-48,50,52-55H2,1-5H3,(H-,59,62,63,64)/p+1/b10-8-,16-14-,22-20-,28-26-,34-32-,43-41+,51-49+. The maximum atomic E-state index is 13.0. The molecule has 3 atom stereocenters. The summed E-state index contributed by atoms with van der Waals surface area (Å²) < 4.78 is 23.7. The maximum absolute atomic E-state index is 13.0. The van der Waals surface area contributed by atoms with Crippen LogP contribution >= 0.6 is 7.82 Å². The summed E-state index contributed by atoms with van der Waals surface area (Å²) in [6.45, 7) is 4.68. The monoisotopic (exact) mass is 958 g/mol. The number of carbonyl (C=O) groups is 1. The molecule has 0 aliphatic heterocycles. The summed E-state index contributed by atoms with van der Waals surface area (Å²) in [6.07, 6.45) is 68.2. The van der Waals surface area contributed by atoms with Crippen LogP contribution in [-0.2, 0) is 18.4 Å². The number of likely N-dealkylation sites (N-methyl/N-ethyl adjacent to an activating group) is 1. The normalized spacial score (nSPS) is 14.7. The smallest absolute Gasteiger partial charge is 0.387 e. The number of phosphoric acid groups is 1. The zero-order valence-corrected chi connectivity index (χ0v) is 45.0. The Kier molecular flexibility index (Phi) is 47.0. The number of aliphatic hydroxyl groups is 1. The van der Waals surface area contributed by atoms with Crippen molar-refractivity contribution in [2.75, 3.05) is 40.9 Å². The SMILES string of the molecule is CC/C=C\C/C=C\C/C=C\C/C=C\C/C=C\CCCCCCCCCC(=O)NC(COP(=O)(O)OCC[N+](C)(C)C)C(O)/C=C/CC/C=C/CCCCCCCCCCCCCCCCCC. The Labute approximate surface area is 414 Å². The van der Waals surface area contributed by atoms with Crippen LogP contribution in [0.1, 0.15) is 226 Å². The number of quaternary nitrogens is 1. The molecule has 0 rings (SSSR count). The number of nitrogens with one attached hydrogen (secondary N) is 1. The quantitative estimate of drug-likeness (QED) is 0.0243. The Hall–Kier alpha value is -2.32. The van der Waals surface area contributed by atoms with E-state index in [9.17, 15) is 19.4 Å². The van der Waals surface area contributed by atoms with Gasteiger partial charge in [0.05, 0.1) is 39.9 Å². The molecule has 67 heavy (non-hydrogen) atoms. The van der Waals surface area contributed by atoms with Gasteiger partial charge in [0.25, 0.3) is 0 Å². The average Bonchev–Trinajstić information content (AvgIpc) is 3.29. The lowest BCUT2D eigenvalue weighted by Gasteiger charge is -2.25. The predicted octanol–water partition coefficient (Wildman–Crippen LogP) is 16.5. The first kappa shape index (κ1) is 64.7. The molecule has 0 aliphatic rings. The predicted molar refractivity (Wildman–Crippen MR) is 290 cm³/mol. The van der Waals surface area contributed by atoms with E-state index < -0.39 is 20.0 Å². The number of carbonyl (C=O) groups excluding carboxylic acids is 1. The number of hydrogen-bond acceptors (Lipinski definition) is 5. The van der Waals surface area contributed by atoms with Crippen molar-refractivity contribution < 1.29 is 32.9 Å². The molecule has 3 N–H and O–H groups in total. The van der Waals surface area contributed by atoms with E-state index >= 15 is 0 Å². The summed E-state index contributed by atoms with van der Waals surface area (Å²) in [5.41, 5.74) is 0. The fourth-order valence-electron chi connectivity index (χ4n) is 7.55. The number of nitrogens with zero attached hydrogens (tertiary/aromatic N) is 1. The van der Waals surface area contributed by atoms with Crippen molar-refractivity contribution >= 4 is 13.7 Å². The molecular weight excluding hydrogens is 852 g/mol. The molecule has 8 nitrogen and oxygen atoms in total. The number of rotatable bonds is 49. The van der Waals surface area contributed by atoms with Crippen molar-refractivity contribution in [3.05, 3.63) is 85.1 Å². The topological polar surface area (TPSA) is 105 Å². The molecule has 0 saturated carbocycles. The van der Waals surface area contributed by atoms with Crippen LogP contribution in [0.4, 0.5) is 0 Å². The van der Waals surface area contributed by atoms with Gasteiger partial charge < -0.3 is 19.8 Å². The molecule has 0 aromatic carbocycles. The highest BCUT2D eigenvalue weighted by atomic mass is 31.2. The summed E-state index contributed by atoms with van der Waals surface area (Å²) in [5, 5.41) is 13.9. The third-order valence-electron chi connectivity index (χ3n) is 11.8. The summed E-state index contributed by atoms with van der Waals surface area (Å²) >= 11 is 0. The van der Waals surface area contributed by atoms with Gasteiger partial charge >= 0.3 is 7.82 Å². The zero-order valence-electron chi connectivity index (χ0n) is 44.1. The lowest BCUT2D eigenvalue weighted by Crippen LogP contribution is -2.45. The maximum Gasteiger partial charge on any atom is 0.472 e. The van der Waals surface area contributed by atoms with E-state index in [2.05, 4.69) is 92.1 Å². The van der Waals surface area contributed by atoms with Gasteiger partial charge in [-0.1, -0.05) is 227 Å². The first-order valence-corrected chi connectivity index (χ1v) is 29.0. The molecule has 0 aromatic heterocycles. The van der Waals surface area contributed by atoms with Gasteiger partial charge in [-0.25, -0.2) is 4.57 Å². The van der Waals surface area contributed by atoms with Crippen molar-refractivity contribution in [1.82, 2.24) is 5.32 Å². The van der Waals surface area contributed by atoms with Crippen molar-refractivity contribution in [2.45, 2.75) is 238 Å². The van der Waals surface area contributed by atoms with Gasteiger partial charge in [0.2, 0.25) is 5.91 Å². The van der Waals surface area contributed by atoms with Crippen LogP contribution in [0.5, 0.6) is 0 Å². The minimum atomic E-state index is -4.36. The number of phosphoric ester groups is 1. The molecule has 0 aromatic rings. The van der Waals surface area contributed by atoms with Crippen LogP contribution < -0.4 is 5.32 Å². The van der Waals surface area contributed by atoms with Crippen LogP contribution in [0.2, 0.25) is 0 Å². The van der Waals surface area contributed by atoms with Gasteiger partial charge in [-0.05, 0) is 77.0 Å². The molecule has 9 heteroatoms. The zero-order chi connectivity index (χ0) is 49.2. The van der Waals surface area contributed by atoms with Crippen LogP contribution in [0.3, 0.4) is 0 Å². The fraction of sp³-hybridized carbons (Fsp3) is 0.741. The first-order chi connectivity index (χ1) is 32.5. The first-order valence-electron chi connectivity index (χ1n) is 27.5. The summed E-state index contributed by atoms with van der Waals surface area (Å²) in [6, 6.07) is -0.875. The lowest BCUT2D eigenvalue weighted by atomic mass is 10.0. The van der Waals surface area contributed by atoms with Crippen LogP contribution in [0, 0.1) is 0 Å². The van der Waals surface area contributed by atoms with E-state index in [0.717, 1.165) is 83.5 Å². The minimum absolute atomic E-state index is 0.0497. The van der Waals surface area contributed by atoms with Crippen molar-refractivity contribution in [2.24, 2.45) is 0 Å². The molecule has 3 unspecified atom stereocenters. The van der Waals surface area contributed by atoms with E-state index in [1.54, 1.807) is 6.08 Å². The highest BCUT2D eigenvalue weighted by Gasteiger charge is 2.27. The summed E-state index contributed by atoms with van der Waals surface area (Å²) in [5.74, 6) is -0.200. The lowest BCUT2D eigenvalue weighted by molar-refractivity contribution is -0.870. The van der Waals surface area contributed by atoms with Crippen LogP contribution in [-0.4, -0.2) is 73.4 Å². The van der Waals surface area contributed by atoms with E-state index in [4.69, 9.17) is 9.05 Å². The van der Waals surface area contributed by atoms with Crippen LogP contribution in [0.15, 0.2) is 85.1 Å². The number of amides is 1. The highest BCUT2D eigenvalue weighted by molar-refractivity contribution is 7.47. The number of unbranched alkanes of at least 4 members (excludes halogenated alkanes) is 24. The molecule has 0 saturated heterocycles. The van der Waals surface area contributed by atoms with Gasteiger partial charge in [0.1, 0.15) is 13.2 Å². The molecular formula is C58H106N2O6P+. The number of aliphatic hydroxyl groups excluding tert-OH is 1. The molecule has 0 heterocycles. The van der Waals surface area contributed by atoms with E-state index in [1.807, 2.05) is 27.2 Å². The molecule has 0 spiro atoms. The van der Waals surface area contributed by atoms with Crippen molar-refractivity contribution in [1.29, 1.82) is 0 Å². The van der Waals surface area contributed by atoms with Gasteiger partial charge in [0, 0.05) is 6.42 Å². The average molecular weight is 958 g/mol. The van der Waals surface area contributed by atoms with E-state index in [-0.39, 0.29) is 19.1 Å². The molecule has 1 amide bonds. The molecule has 0 aliphatic carbocycles. The second kappa shape index (κ2) is 48.7. The Bertz CT molecular complexity index is 1360. The van der Waals surface area contributed by atoms with Crippen molar-refractivity contribution in [3.8, 4) is 0 Å². The Morgan fingerprint density at radius 1 is 0.522 bits per heavy atom. The van der Waals surface area contributed by atoms with E-state index in [0.29, 0.717) is 17.4 Å². The van der Waals surface area contributed by atoms with E-state index in [1.165, 1.54) is 122 Å². The Balaban J connectivity index is 4.35. The molecule has 0 fully saturated rings. The largest absolute Gasteiger partial charge is 0.472 e. The summed E-state index contributed by atoms with van der Waals surface area (Å²) in [4.78, 5) is 23.3. The van der Waals surface area contributed by atoms with Crippen molar-refractivity contribution in [3.63, 3.8) is 0 Å². The van der Waals surface area contributed by atoms with Gasteiger partial charge in [-0.15, -0.1) is 0 Å². The minimum Gasteiger partial charge on any atom is -0.387 e. The Morgan fingerprint density at radius 3 is 1.37 bits per heavy atom. The van der Waals surface area contributed by atoms with Gasteiger partial charge in [0.15, 0.2) is 0 Å². The fourth-order valence-corrected chi connectivity index (χ4v) is 8.29. The highest BCUT2D eigenvalue weighted by Crippen LogP contribution is 2.43. The molecule has 0 bridgehead atoms. The molecule has 0 radical (unpaired) electrons.